The number of alkyl halides is 1. The molecule has 0 saturated carbocycles. The lowest BCUT2D eigenvalue weighted by Gasteiger charge is -2.21. The van der Waals surface area contributed by atoms with Crippen molar-refractivity contribution in [2.24, 2.45) is 0 Å². The molecule has 0 spiro atoms. The number of allylic oxidation sites excluding steroid dienone is 3. The zero-order valence-corrected chi connectivity index (χ0v) is 7.76. The van der Waals surface area contributed by atoms with E-state index in [2.05, 4.69) is 15.9 Å². The molecule has 1 N–H and O–H groups in total. The summed E-state index contributed by atoms with van der Waals surface area (Å²) < 4.78 is -0.869. The molecule has 1 aliphatic rings. The molecule has 0 fully saturated rings. The van der Waals surface area contributed by atoms with Crippen LogP contribution in [0.4, 0.5) is 0 Å². The van der Waals surface area contributed by atoms with Gasteiger partial charge in [-0.3, -0.25) is 4.79 Å². The summed E-state index contributed by atoms with van der Waals surface area (Å²) in [6.07, 6.45) is 5.88. The number of hydrogen-bond donors (Lipinski definition) is 1. The predicted octanol–water partition coefficient (Wildman–Crippen LogP) is 2.11. The molecule has 0 amide bonds. The molecule has 0 aromatic carbocycles. The van der Waals surface area contributed by atoms with Gasteiger partial charge in [-0.15, -0.1) is 0 Å². The molecule has 0 heterocycles. The Kier molecular flexibility index (Phi) is 2.18. The largest absolute Gasteiger partial charge is 0.480 e. The predicted molar refractivity (Wildman–Crippen MR) is 46.8 cm³/mol. The second kappa shape index (κ2) is 2.81. The molecule has 3 heteroatoms. The van der Waals surface area contributed by atoms with Crippen molar-refractivity contribution in [2.45, 2.75) is 17.7 Å². The highest BCUT2D eigenvalue weighted by molar-refractivity contribution is 9.10. The summed E-state index contributed by atoms with van der Waals surface area (Å²) in [5.74, 6) is -0.832. The van der Waals surface area contributed by atoms with Gasteiger partial charge in [-0.2, -0.15) is 0 Å². The normalized spacial score (nSPS) is 29.8. The minimum absolute atomic E-state index is 0.541. The highest BCUT2D eigenvalue weighted by Crippen LogP contribution is 2.31. The van der Waals surface area contributed by atoms with Crippen molar-refractivity contribution in [3.63, 3.8) is 0 Å². The van der Waals surface area contributed by atoms with E-state index in [4.69, 9.17) is 5.11 Å². The van der Waals surface area contributed by atoms with Gasteiger partial charge >= 0.3 is 5.97 Å². The molecule has 1 aliphatic carbocycles. The molecule has 0 aliphatic heterocycles. The van der Waals surface area contributed by atoms with E-state index in [1.165, 1.54) is 0 Å². The number of aliphatic carboxylic acids is 1. The Bertz CT molecular complexity index is 242. The topological polar surface area (TPSA) is 37.3 Å². The van der Waals surface area contributed by atoms with Gasteiger partial charge in [-0.1, -0.05) is 39.7 Å². The lowest BCUT2D eigenvalue weighted by molar-refractivity contribution is -0.138. The van der Waals surface area contributed by atoms with E-state index in [9.17, 15) is 4.79 Å². The van der Waals surface area contributed by atoms with E-state index in [1.807, 2.05) is 13.0 Å². The molecule has 0 bridgehead atoms. The molecule has 0 saturated heterocycles. The SMILES string of the molecule is CC1=CC=CC(Br)(C(=O)O)C1. The summed E-state index contributed by atoms with van der Waals surface area (Å²) in [6.45, 7) is 1.92. The van der Waals surface area contributed by atoms with E-state index >= 15 is 0 Å². The van der Waals surface area contributed by atoms with Crippen molar-refractivity contribution < 1.29 is 9.90 Å². The van der Waals surface area contributed by atoms with Gasteiger partial charge < -0.3 is 5.11 Å². The minimum Gasteiger partial charge on any atom is -0.480 e. The lowest BCUT2D eigenvalue weighted by Crippen LogP contribution is -2.30. The summed E-state index contributed by atoms with van der Waals surface area (Å²) in [7, 11) is 0. The summed E-state index contributed by atoms with van der Waals surface area (Å²) in [4.78, 5) is 10.7. The molecule has 11 heavy (non-hydrogen) atoms. The Morgan fingerprint density at radius 3 is 2.82 bits per heavy atom. The molecule has 2 nitrogen and oxygen atoms in total. The molecular weight excluding hydrogens is 208 g/mol. The van der Waals surface area contributed by atoms with Crippen LogP contribution in [0, 0.1) is 0 Å². The van der Waals surface area contributed by atoms with E-state index in [0.29, 0.717) is 6.42 Å². The number of halogens is 1. The van der Waals surface area contributed by atoms with Crippen molar-refractivity contribution in [3.05, 3.63) is 23.8 Å². The number of carbonyl (C=O) groups is 1. The smallest absolute Gasteiger partial charge is 0.324 e. The maximum atomic E-state index is 10.7. The van der Waals surface area contributed by atoms with Crippen LogP contribution in [0.15, 0.2) is 23.8 Å². The molecule has 60 valence electrons. The fourth-order valence-electron chi connectivity index (χ4n) is 1.04. The Balaban J connectivity index is 2.86. The minimum atomic E-state index is -0.869. The Morgan fingerprint density at radius 2 is 2.45 bits per heavy atom. The van der Waals surface area contributed by atoms with Crippen molar-refractivity contribution >= 4 is 21.9 Å². The van der Waals surface area contributed by atoms with Gasteiger partial charge in [0, 0.05) is 0 Å². The summed E-state index contributed by atoms with van der Waals surface area (Å²) in [5, 5.41) is 8.79. The van der Waals surface area contributed by atoms with Crippen molar-refractivity contribution in [2.75, 3.05) is 0 Å². The molecule has 1 atom stereocenters. The van der Waals surface area contributed by atoms with Crippen LogP contribution in [-0.2, 0) is 4.79 Å². The quantitative estimate of drug-likeness (QED) is 0.683. The standard InChI is InChI=1S/C8H9BrO2/c1-6-3-2-4-8(9,5-6)7(10)11/h2-4H,5H2,1H3,(H,10,11). The summed E-state index contributed by atoms with van der Waals surface area (Å²) >= 11 is 3.17. The van der Waals surface area contributed by atoms with Crippen molar-refractivity contribution in [1.82, 2.24) is 0 Å². The monoisotopic (exact) mass is 216 g/mol. The third-order valence-corrected chi connectivity index (χ3v) is 2.52. The van der Waals surface area contributed by atoms with E-state index in [0.717, 1.165) is 5.57 Å². The fraction of sp³-hybridized carbons (Fsp3) is 0.375. The van der Waals surface area contributed by atoms with Gasteiger partial charge in [-0.05, 0) is 13.3 Å². The van der Waals surface area contributed by atoms with Gasteiger partial charge in [0.1, 0.15) is 4.32 Å². The number of carboxylic acid groups (broad SMARTS) is 1. The van der Waals surface area contributed by atoms with Crippen LogP contribution in [0.25, 0.3) is 0 Å². The number of rotatable bonds is 1. The first-order chi connectivity index (χ1) is 5.04. The second-order valence-corrected chi connectivity index (χ2v) is 4.13. The third kappa shape index (κ3) is 1.71. The van der Waals surface area contributed by atoms with Crippen LogP contribution < -0.4 is 0 Å². The maximum absolute atomic E-state index is 10.7. The van der Waals surface area contributed by atoms with Crippen LogP contribution >= 0.6 is 15.9 Å². The highest BCUT2D eigenvalue weighted by atomic mass is 79.9. The molecule has 0 aromatic heterocycles. The number of hydrogen-bond acceptors (Lipinski definition) is 1. The van der Waals surface area contributed by atoms with E-state index < -0.39 is 10.3 Å². The molecule has 1 rings (SSSR count). The van der Waals surface area contributed by atoms with Gasteiger partial charge in [0.25, 0.3) is 0 Å². The zero-order chi connectivity index (χ0) is 8.48. The van der Waals surface area contributed by atoms with Crippen LogP contribution in [0.5, 0.6) is 0 Å². The van der Waals surface area contributed by atoms with Crippen LogP contribution in [-0.4, -0.2) is 15.4 Å². The lowest BCUT2D eigenvalue weighted by atomic mass is 9.95. The fourth-order valence-corrected chi connectivity index (χ4v) is 1.63. The van der Waals surface area contributed by atoms with Crippen LogP contribution in [0.2, 0.25) is 0 Å². The van der Waals surface area contributed by atoms with Gasteiger partial charge in [0.05, 0.1) is 0 Å². The third-order valence-electron chi connectivity index (χ3n) is 1.63. The molecule has 0 radical (unpaired) electrons. The van der Waals surface area contributed by atoms with Crippen molar-refractivity contribution in [1.29, 1.82) is 0 Å². The van der Waals surface area contributed by atoms with Gasteiger partial charge in [-0.25, -0.2) is 0 Å². The first-order valence-corrected chi connectivity index (χ1v) is 4.11. The van der Waals surface area contributed by atoms with Crippen LogP contribution in [0.1, 0.15) is 13.3 Å². The zero-order valence-electron chi connectivity index (χ0n) is 6.17. The summed E-state index contributed by atoms with van der Waals surface area (Å²) in [6, 6.07) is 0. The highest BCUT2D eigenvalue weighted by Gasteiger charge is 2.33. The Morgan fingerprint density at radius 1 is 1.82 bits per heavy atom. The average molecular weight is 217 g/mol. The average Bonchev–Trinajstić information content (AvgIpc) is 1.86. The summed E-state index contributed by atoms with van der Waals surface area (Å²) in [5.41, 5.74) is 1.08. The number of carboxylic acids is 1. The first kappa shape index (κ1) is 8.53. The van der Waals surface area contributed by atoms with Crippen LogP contribution in [0.3, 0.4) is 0 Å². The van der Waals surface area contributed by atoms with Crippen molar-refractivity contribution in [3.8, 4) is 0 Å². The maximum Gasteiger partial charge on any atom is 0.324 e. The first-order valence-electron chi connectivity index (χ1n) is 3.32. The Labute approximate surface area is 73.7 Å². The van der Waals surface area contributed by atoms with Gasteiger partial charge in [0.15, 0.2) is 0 Å². The Hall–Kier alpha value is -0.570. The van der Waals surface area contributed by atoms with Gasteiger partial charge in [0.2, 0.25) is 0 Å². The second-order valence-electron chi connectivity index (χ2n) is 2.72. The molecular formula is C8H9BrO2. The molecule has 0 aromatic rings. The van der Waals surface area contributed by atoms with E-state index in [-0.39, 0.29) is 0 Å². The van der Waals surface area contributed by atoms with E-state index in [1.54, 1.807) is 12.2 Å². The molecule has 1 unspecified atom stereocenters.